The Hall–Kier alpha value is -1.15. The molecule has 1 aromatic carbocycles. The van der Waals surface area contributed by atoms with Crippen LogP contribution in [0.1, 0.15) is 19.3 Å². The molecule has 2 N–H and O–H groups in total. The highest BCUT2D eigenvalue weighted by atomic mass is 35.5. The molecule has 0 saturated carbocycles. The highest BCUT2D eigenvalue weighted by Gasteiger charge is 2.26. The smallest absolute Gasteiger partial charge is 0.240 e. The first kappa shape index (κ1) is 19.9. The molecular formula is C15H24ClN3O3S. The molecule has 0 aliphatic carbocycles. The third kappa shape index (κ3) is 5.76. The number of benzene rings is 1. The summed E-state index contributed by atoms with van der Waals surface area (Å²) < 4.78 is 27.3. The molecule has 1 aromatic rings. The molecule has 8 heteroatoms. The van der Waals surface area contributed by atoms with Crippen molar-refractivity contribution in [1.82, 2.24) is 14.9 Å². The van der Waals surface area contributed by atoms with Crippen molar-refractivity contribution in [2.24, 2.45) is 0 Å². The lowest BCUT2D eigenvalue weighted by Crippen LogP contribution is -2.46. The average molecular weight is 362 g/mol. The van der Waals surface area contributed by atoms with Gasteiger partial charge in [0.25, 0.3) is 0 Å². The van der Waals surface area contributed by atoms with Crippen LogP contribution in [0.15, 0.2) is 35.2 Å². The third-order valence-electron chi connectivity index (χ3n) is 3.81. The van der Waals surface area contributed by atoms with Gasteiger partial charge in [-0.1, -0.05) is 18.2 Å². The van der Waals surface area contributed by atoms with E-state index in [-0.39, 0.29) is 29.3 Å². The van der Waals surface area contributed by atoms with Crippen molar-refractivity contribution in [3.63, 3.8) is 0 Å². The van der Waals surface area contributed by atoms with Crippen molar-refractivity contribution >= 4 is 28.3 Å². The molecule has 1 aliphatic rings. The van der Waals surface area contributed by atoms with Crippen LogP contribution in [0.2, 0.25) is 0 Å². The third-order valence-corrected chi connectivity index (χ3v) is 5.35. The lowest BCUT2D eigenvalue weighted by Gasteiger charge is -2.32. The minimum Gasteiger partial charge on any atom is -0.343 e. The summed E-state index contributed by atoms with van der Waals surface area (Å²) in [6.07, 6.45) is 1.78. The van der Waals surface area contributed by atoms with E-state index in [0.29, 0.717) is 38.9 Å². The number of amides is 1. The van der Waals surface area contributed by atoms with Crippen molar-refractivity contribution < 1.29 is 13.2 Å². The number of nitrogens with one attached hydrogen (secondary N) is 2. The van der Waals surface area contributed by atoms with Gasteiger partial charge in [-0.2, -0.15) is 0 Å². The zero-order chi connectivity index (χ0) is 16.0. The molecule has 6 nitrogen and oxygen atoms in total. The van der Waals surface area contributed by atoms with Crippen molar-refractivity contribution in [2.75, 3.05) is 26.7 Å². The summed E-state index contributed by atoms with van der Waals surface area (Å²) in [6.45, 7) is 1.87. The van der Waals surface area contributed by atoms with Crippen LogP contribution in [-0.2, 0) is 14.8 Å². The Morgan fingerprint density at radius 2 is 1.83 bits per heavy atom. The van der Waals surface area contributed by atoms with Gasteiger partial charge in [-0.25, -0.2) is 13.1 Å². The predicted octanol–water partition coefficient (Wildman–Crippen LogP) is 0.987. The number of likely N-dealkylation sites (tertiary alicyclic amines) is 1. The Balaban J connectivity index is 0.00000264. The van der Waals surface area contributed by atoms with Crippen LogP contribution in [-0.4, -0.2) is 51.9 Å². The first-order chi connectivity index (χ1) is 10.5. The Morgan fingerprint density at radius 1 is 1.22 bits per heavy atom. The van der Waals surface area contributed by atoms with Gasteiger partial charge in [-0.15, -0.1) is 12.4 Å². The second-order valence-corrected chi connectivity index (χ2v) is 7.16. The van der Waals surface area contributed by atoms with Gasteiger partial charge >= 0.3 is 0 Å². The van der Waals surface area contributed by atoms with Gasteiger partial charge in [-0.3, -0.25) is 4.79 Å². The molecule has 1 heterocycles. The maximum absolute atomic E-state index is 12.3. The molecule has 0 radical (unpaired) electrons. The van der Waals surface area contributed by atoms with E-state index in [1.165, 1.54) is 0 Å². The normalized spacial score (nSPS) is 16.0. The first-order valence-electron chi connectivity index (χ1n) is 7.52. The molecule has 0 spiro atoms. The van der Waals surface area contributed by atoms with Crippen molar-refractivity contribution in [3.8, 4) is 0 Å². The van der Waals surface area contributed by atoms with Crippen LogP contribution in [0.25, 0.3) is 0 Å². The minimum absolute atomic E-state index is 0. The number of halogens is 1. The molecule has 2 rings (SSSR count). The van der Waals surface area contributed by atoms with E-state index in [0.717, 1.165) is 0 Å². The standard InChI is InChI=1S/C15H23N3O3S.ClH/c1-16-10-7-15(19)18-11-8-13(9-12-18)17-22(20,21)14-5-3-2-4-6-14;/h2-6,13,16-17H,7-12H2,1H3;1H. The molecule has 1 amide bonds. The number of carbonyl (C=O) groups excluding carboxylic acids is 1. The highest BCUT2D eigenvalue weighted by molar-refractivity contribution is 7.89. The number of piperidine rings is 1. The largest absolute Gasteiger partial charge is 0.343 e. The molecule has 1 fully saturated rings. The van der Waals surface area contributed by atoms with Gasteiger partial charge in [-0.05, 0) is 32.0 Å². The van der Waals surface area contributed by atoms with Crippen LogP contribution in [0.3, 0.4) is 0 Å². The van der Waals surface area contributed by atoms with E-state index in [1.54, 1.807) is 30.3 Å². The Bertz CT molecular complexity index is 587. The molecule has 1 saturated heterocycles. The Morgan fingerprint density at radius 3 is 2.39 bits per heavy atom. The molecule has 1 aliphatic heterocycles. The van der Waals surface area contributed by atoms with E-state index in [4.69, 9.17) is 0 Å². The van der Waals surface area contributed by atoms with Gasteiger partial charge < -0.3 is 10.2 Å². The molecule has 0 atom stereocenters. The highest BCUT2D eigenvalue weighted by Crippen LogP contribution is 2.15. The van der Waals surface area contributed by atoms with Gasteiger partial charge in [0, 0.05) is 32.1 Å². The summed E-state index contributed by atoms with van der Waals surface area (Å²) in [5.41, 5.74) is 0. The van der Waals surface area contributed by atoms with Crippen molar-refractivity contribution in [1.29, 1.82) is 0 Å². The van der Waals surface area contributed by atoms with E-state index in [1.807, 2.05) is 11.9 Å². The number of hydrogen-bond acceptors (Lipinski definition) is 4. The predicted molar refractivity (Wildman–Crippen MR) is 92.2 cm³/mol. The monoisotopic (exact) mass is 361 g/mol. The number of rotatable bonds is 6. The summed E-state index contributed by atoms with van der Waals surface area (Å²) in [5.74, 6) is 0.124. The Labute approximate surface area is 144 Å². The summed E-state index contributed by atoms with van der Waals surface area (Å²) in [4.78, 5) is 14.0. The van der Waals surface area contributed by atoms with Crippen LogP contribution in [0.5, 0.6) is 0 Å². The number of nitrogens with zero attached hydrogens (tertiary/aromatic N) is 1. The fraction of sp³-hybridized carbons (Fsp3) is 0.533. The average Bonchev–Trinajstić information content (AvgIpc) is 2.54. The SMILES string of the molecule is CNCCC(=O)N1CCC(NS(=O)(=O)c2ccccc2)CC1.Cl. The molecular weight excluding hydrogens is 338 g/mol. The maximum Gasteiger partial charge on any atom is 0.240 e. The van der Waals surface area contributed by atoms with Gasteiger partial charge in [0.1, 0.15) is 0 Å². The molecule has 23 heavy (non-hydrogen) atoms. The van der Waals surface area contributed by atoms with Crippen molar-refractivity contribution in [2.45, 2.75) is 30.2 Å². The number of carbonyl (C=O) groups is 1. The van der Waals surface area contributed by atoms with E-state index < -0.39 is 10.0 Å². The van der Waals surface area contributed by atoms with Crippen LogP contribution < -0.4 is 10.0 Å². The van der Waals surface area contributed by atoms with Gasteiger partial charge in [0.05, 0.1) is 4.90 Å². The summed E-state index contributed by atoms with van der Waals surface area (Å²) >= 11 is 0. The van der Waals surface area contributed by atoms with E-state index in [9.17, 15) is 13.2 Å². The second-order valence-electron chi connectivity index (χ2n) is 5.44. The van der Waals surface area contributed by atoms with E-state index in [2.05, 4.69) is 10.0 Å². The fourth-order valence-electron chi connectivity index (χ4n) is 2.52. The lowest BCUT2D eigenvalue weighted by molar-refractivity contribution is -0.132. The Kier molecular flexibility index (Phi) is 7.98. The maximum atomic E-state index is 12.3. The second kappa shape index (κ2) is 9.22. The number of hydrogen-bond donors (Lipinski definition) is 2. The fourth-order valence-corrected chi connectivity index (χ4v) is 3.85. The molecule has 130 valence electrons. The minimum atomic E-state index is -3.48. The molecule has 0 bridgehead atoms. The van der Waals surface area contributed by atoms with Gasteiger partial charge in [0.15, 0.2) is 0 Å². The van der Waals surface area contributed by atoms with Crippen LogP contribution in [0.4, 0.5) is 0 Å². The quantitative estimate of drug-likeness (QED) is 0.792. The zero-order valence-electron chi connectivity index (χ0n) is 13.2. The van der Waals surface area contributed by atoms with E-state index >= 15 is 0 Å². The molecule has 0 unspecified atom stereocenters. The zero-order valence-corrected chi connectivity index (χ0v) is 14.8. The summed E-state index contributed by atoms with van der Waals surface area (Å²) in [7, 11) is -1.66. The van der Waals surface area contributed by atoms with Crippen molar-refractivity contribution in [3.05, 3.63) is 30.3 Å². The van der Waals surface area contributed by atoms with Crippen LogP contribution >= 0.6 is 12.4 Å². The summed E-state index contributed by atoms with van der Waals surface area (Å²) in [5, 5.41) is 2.96. The molecule has 0 aromatic heterocycles. The summed E-state index contributed by atoms with van der Waals surface area (Å²) in [6, 6.07) is 8.25. The van der Waals surface area contributed by atoms with Crippen LogP contribution in [0, 0.1) is 0 Å². The lowest BCUT2D eigenvalue weighted by atomic mass is 10.1. The topological polar surface area (TPSA) is 78.5 Å². The van der Waals surface area contributed by atoms with Gasteiger partial charge in [0.2, 0.25) is 15.9 Å². The first-order valence-corrected chi connectivity index (χ1v) is 9.01. The number of sulfonamides is 1.